The topological polar surface area (TPSA) is 29.0 Å². The molecule has 0 bridgehead atoms. The van der Waals surface area contributed by atoms with E-state index < -0.39 is 0 Å². The summed E-state index contributed by atoms with van der Waals surface area (Å²) in [4.78, 5) is 11.4. The van der Waals surface area contributed by atoms with Crippen LogP contribution in [0, 0.1) is 0 Å². The number of thioether (sulfide) groups is 1. The third kappa shape index (κ3) is 5.67. The molecule has 0 saturated carbocycles. The van der Waals surface area contributed by atoms with Gasteiger partial charge in [0.25, 0.3) is 0 Å². The van der Waals surface area contributed by atoms with Crippen LogP contribution in [0.2, 0.25) is 0 Å². The van der Waals surface area contributed by atoms with Gasteiger partial charge < -0.3 is 4.90 Å². The summed E-state index contributed by atoms with van der Waals surface area (Å²) in [6.45, 7) is 9.90. The fraction of sp³-hybridized carbons (Fsp3) is 0.692. The van der Waals surface area contributed by atoms with Gasteiger partial charge in [-0.15, -0.1) is 11.8 Å². The molecule has 102 valence electrons. The van der Waals surface area contributed by atoms with Crippen LogP contribution in [-0.4, -0.2) is 40.3 Å². The highest BCUT2D eigenvalue weighted by Gasteiger charge is 2.04. The average molecular weight is 332 g/mol. The molecule has 1 heterocycles. The Bertz CT molecular complexity index is 356. The Morgan fingerprint density at radius 3 is 2.56 bits per heavy atom. The molecule has 3 nitrogen and oxygen atoms in total. The summed E-state index contributed by atoms with van der Waals surface area (Å²) in [6, 6.07) is 2.01. The van der Waals surface area contributed by atoms with Crippen LogP contribution in [0.15, 0.2) is 15.7 Å². The molecule has 1 aromatic heterocycles. The summed E-state index contributed by atoms with van der Waals surface area (Å²) < 4.78 is 0.895. The molecule has 1 aromatic rings. The molecular weight excluding hydrogens is 310 g/mol. The first kappa shape index (κ1) is 15.9. The SMILES string of the molecule is CCCc1nc(Br)cc(SCCN(CC)CC)n1. The van der Waals surface area contributed by atoms with E-state index in [1.807, 2.05) is 17.8 Å². The largest absolute Gasteiger partial charge is 0.303 e. The second-order valence-electron chi connectivity index (χ2n) is 4.07. The van der Waals surface area contributed by atoms with Crippen molar-refractivity contribution in [3.8, 4) is 0 Å². The van der Waals surface area contributed by atoms with Crippen molar-refractivity contribution in [2.45, 2.75) is 38.6 Å². The molecule has 0 aliphatic heterocycles. The number of hydrogen-bond acceptors (Lipinski definition) is 4. The number of nitrogens with zero attached hydrogens (tertiary/aromatic N) is 3. The fourth-order valence-corrected chi connectivity index (χ4v) is 3.17. The molecule has 0 radical (unpaired) electrons. The van der Waals surface area contributed by atoms with E-state index in [-0.39, 0.29) is 0 Å². The maximum atomic E-state index is 4.58. The van der Waals surface area contributed by atoms with Crippen LogP contribution in [0.3, 0.4) is 0 Å². The first-order valence-corrected chi connectivity index (χ1v) is 8.36. The highest BCUT2D eigenvalue weighted by atomic mass is 79.9. The minimum absolute atomic E-state index is 0.895. The zero-order valence-electron chi connectivity index (χ0n) is 11.4. The first-order chi connectivity index (χ1) is 8.69. The second-order valence-corrected chi connectivity index (χ2v) is 6.00. The number of hydrogen-bond donors (Lipinski definition) is 0. The molecular formula is C13H22BrN3S. The van der Waals surface area contributed by atoms with Crippen molar-refractivity contribution in [2.24, 2.45) is 0 Å². The van der Waals surface area contributed by atoms with Gasteiger partial charge in [0, 0.05) is 24.8 Å². The maximum absolute atomic E-state index is 4.58. The molecule has 0 fully saturated rings. The van der Waals surface area contributed by atoms with Gasteiger partial charge in [-0.05, 0) is 35.4 Å². The third-order valence-corrected chi connectivity index (χ3v) is 4.04. The zero-order valence-corrected chi connectivity index (χ0v) is 13.9. The minimum atomic E-state index is 0.895. The molecule has 0 aliphatic rings. The minimum Gasteiger partial charge on any atom is -0.303 e. The molecule has 1 rings (SSSR count). The van der Waals surface area contributed by atoms with E-state index in [1.165, 1.54) is 0 Å². The number of rotatable bonds is 8. The third-order valence-electron chi connectivity index (χ3n) is 2.74. The van der Waals surface area contributed by atoms with E-state index in [0.29, 0.717) is 0 Å². The van der Waals surface area contributed by atoms with Crippen molar-refractivity contribution in [2.75, 3.05) is 25.4 Å². The lowest BCUT2D eigenvalue weighted by Gasteiger charge is -2.17. The van der Waals surface area contributed by atoms with Crippen molar-refractivity contribution >= 4 is 27.7 Å². The fourth-order valence-electron chi connectivity index (χ4n) is 1.67. The van der Waals surface area contributed by atoms with Crippen LogP contribution in [0.1, 0.15) is 33.0 Å². The van der Waals surface area contributed by atoms with E-state index in [1.54, 1.807) is 0 Å². The summed E-state index contributed by atoms with van der Waals surface area (Å²) in [5, 5.41) is 1.08. The van der Waals surface area contributed by atoms with E-state index >= 15 is 0 Å². The normalized spacial score (nSPS) is 11.2. The zero-order chi connectivity index (χ0) is 13.4. The van der Waals surface area contributed by atoms with Crippen molar-refractivity contribution in [1.29, 1.82) is 0 Å². The lowest BCUT2D eigenvalue weighted by atomic mass is 10.3. The molecule has 0 N–H and O–H groups in total. The first-order valence-electron chi connectivity index (χ1n) is 6.58. The Morgan fingerprint density at radius 1 is 1.22 bits per heavy atom. The summed E-state index contributed by atoms with van der Waals surface area (Å²) in [7, 11) is 0. The maximum Gasteiger partial charge on any atom is 0.130 e. The predicted octanol–water partition coefficient (Wildman–Crippen LogP) is 3.63. The standard InChI is InChI=1S/C13H22BrN3S/c1-4-7-12-15-11(14)10-13(16-12)18-9-8-17(5-2)6-3/h10H,4-9H2,1-3H3. The van der Waals surface area contributed by atoms with E-state index in [2.05, 4.69) is 51.6 Å². The quantitative estimate of drug-likeness (QED) is 0.537. The van der Waals surface area contributed by atoms with E-state index in [0.717, 1.165) is 53.7 Å². The highest BCUT2D eigenvalue weighted by Crippen LogP contribution is 2.19. The van der Waals surface area contributed by atoms with Crippen molar-refractivity contribution in [3.63, 3.8) is 0 Å². The lowest BCUT2D eigenvalue weighted by Crippen LogP contribution is -2.25. The number of halogens is 1. The molecule has 0 atom stereocenters. The Labute approximate surface area is 123 Å². The summed E-state index contributed by atoms with van der Waals surface area (Å²) in [5.74, 6) is 2.02. The molecule has 0 unspecified atom stereocenters. The number of aromatic nitrogens is 2. The van der Waals surface area contributed by atoms with Gasteiger partial charge >= 0.3 is 0 Å². The van der Waals surface area contributed by atoms with Gasteiger partial charge in [0.2, 0.25) is 0 Å². The molecule has 5 heteroatoms. The Hall–Kier alpha value is -0.130. The predicted molar refractivity (Wildman–Crippen MR) is 82.2 cm³/mol. The Balaban J connectivity index is 2.51. The van der Waals surface area contributed by atoms with Crippen LogP contribution in [0.5, 0.6) is 0 Å². The van der Waals surface area contributed by atoms with Gasteiger partial charge in [0.15, 0.2) is 0 Å². The van der Waals surface area contributed by atoms with Gasteiger partial charge in [-0.2, -0.15) is 0 Å². The average Bonchev–Trinajstić information content (AvgIpc) is 2.34. The van der Waals surface area contributed by atoms with Gasteiger partial charge in [-0.25, -0.2) is 9.97 Å². The molecule has 18 heavy (non-hydrogen) atoms. The second kappa shape index (κ2) is 8.88. The van der Waals surface area contributed by atoms with E-state index in [4.69, 9.17) is 0 Å². The summed E-state index contributed by atoms with van der Waals surface area (Å²) >= 11 is 5.27. The van der Waals surface area contributed by atoms with Crippen LogP contribution in [0.4, 0.5) is 0 Å². The molecule has 0 saturated heterocycles. The monoisotopic (exact) mass is 331 g/mol. The molecule has 0 amide bonds. The van der Waals surface area contributed by atoms with Gasteiger partial charge in [0.1, 0.15) is 15.5 Å². The molecule has 0 spiro atoms. The van der Waals surface area contributed by atoms with E-state index in [9.17, 15) is 0 Å². The smallest absolute Gasteiger partial charge is 0.130 e. The summed E-state index contributed by atoms with van der Waals surface area (Å²) in [5.41, 5.74) is 0. The van der Waals surface area contributed by atoms with Crippen molar-refractivity contribution in [1.82, 2.24) is 14.9 Å². The lowest BCUT2D eigenvalue weighted by molar-refractivity contribution is 0.324. The van der Waals surface area contributed by atoms with Gasteiger partial charge in [-0.3, -0.25) is 0 Å². The Kier molecular flexibility index (Phi) is 7.86. The Morgan fingerprint density at radius 2 is 1.94 bits per heavy atom. The van der Waals surface area contributed by atoms with Crippen LogP contribution in [-0.2, 0) is 6.42 Å². The summed E-state index contributed by atoms with van der Waals surface area (Å²) in [6.07, 6.45) is 2.03. The van der Waals surface area contributed by atoms with Gasteiger partial charge in [-0.1, -0.05) is 20.8 Å². The number of aryl methyl sites for hydroxylation is 1. The molecule has 0 aromatic carbocycles. The van der Waals surface area contributed by atoms with Crippen molar-refractivity contribution < 1.29 is 0 Å². The van der Waals surface area contributed by atoms with Crippen LogP contribution < -0.4 is 0 Å². The molecule has 0 aliphatic carbocycles. The van der Waals surface area contributed by atoms with Gasteiger partial charge in [0.05, 0.1) is 0 Å². The highest BCUT2D eigenvalue weighted by molar-refractivity contribution is 9.10. The van der Waals surface area contributed by atoms with Crippen LogP contribution in [0.25, 0.3) is 0 Å². The van der Waals surface area contributed by atoms with Crippen LogP contribution >= 0.6 is 27.7 Å². The van der Waals surface area contributed by atoms with Crippen molar-refractivity contribution in [3.05, 3.63) is 16.5 Å².